The van der Waals surface area contributed by atoms with Crippen molar-refractivity contribution in [2.75, 3.05) is 6.26 Å². The Morgan fingerprint density at radius 2 is 0.646 bits per heavy atom. The fraction of sp³-hybridized carbons (Fsp3) is 0.636. The predicted molar refractivity (Wildman–Crippen MR) is 178 cm³/mol. The Morgan fingerprint density at radius 3 is 0.750 bits per heavy atom. The molecule has 0 saturated heterocycles. The normalized spacial score (nSPS) is 9.71. The van der Waals surface area contributed by atoms with Crippen LogP contribution in [0.2, 0.25) is 0 Å². The van der Waals surface area contributed by atoms with Crippen molar-refractivity contribution in [1.29, 1.82) is 0 Å². The highest BCUT2D eigenvalue weighted by molar-refractivity contribution is 7.84. The summed E-state index contributed by atoms with van der Waals surface area (Å²) in [5.74, 6) is 0. The molecule has 48 heavy (non-hydrogen) atoms. The van der Waals surface area contributed by atoms with Gasteiger partial charge in [-0.2, -0.15) is 0 Å². The molecule has 0 saturated carbocycles. The third kappa shape index (κ3) is 31.2. The molecule has 4 rings (SSSR count). The van der Waals surface area contributed by atoms with Crippen molar-refractivity contribution in [3.05, 3.63) is 74.9 Å². The van der Waals surface area contributed by atoms with Crippen LogP contribution < -0.4 is 32.4 Å². The molecule has 0 aliphatic rings. The Labute approximate surface area is 287 Å². The maximum absolute atomic E-state index is 9.08. The molecule has 0 atom stereocenters. The van der Waals surface area contributed by atoms with E-state index >= 15 is 0 Å². The second kappa shape index (κ2) is 30.8. The first-order valence-corrected chi connectivity index (χ1v) is 18.1. The van der Waals surface area contributed by atoms with Crippen molar-refractivity contribution in [2.45, 2.75) is 105 Å². The van der Waals surface area contributed by atoms with Gasteiger partial charge in [0.05, 0.1) is 64.5 Å². The quantitative estimate of drug-likeness (QED) is 0.109. The molecule has 15 heteroatoms. The molecule has 0 fully saturated rings. The second-order valence-electron chi connectivity index (χ2n) is 11.4. The number of aryl methyl sites for hydroxylation is 8. The van der Waals surface area contributed by atoms with Crippen LogP contribution in [-0.4, -0.2) is 37.5 Å². The van der Waals surface area contributed by atoms with Gasteiger partial charge in [0.1, 0.15) is 49.6 Å². The molecule has 280 valence electrons. The van der Waals surface area contributed by atoms with Gasteiger partial charge in [0.15, 0.2) is 0 Å². The Balaban J connectivity index is -0.000000252. The van der Waals surface area contributed by atoms with E-state index in [1.54, 1.807) is 0 Å². The van der Waals surface area contributed by atoms with Gasteiger partial charge in [-0.25, -0.2) is 45.0 Å². The predicted octanol–water partition coefficient (Wildman–Crippen LogP) is -5.38. The first-order chi connectivity index (χ1) is 21.3. The molecule has 0 aliphatic carbocycles. The van der Waals surface area contributed by atoms with E-state index in [1.165, 1.54) is 51.4 Å². The van der Waals surface area contributed by atoms with Crippen LogP contribution in [0.15, 0.2) is 74.9 Å². The lowest BCUT2D eigenvalue weighted by molar-refractivity contribution is -0.671. The summed E-state index contributed by atoms with van der Waals surface area (Å²) in [6.45, 7) is 13.4. The first-order valence-electron chi connectivity index (χ1n) is 16.3. The van der Waals surface area contributed by atoms with Gasteiger partial charge in [0, 0.05) is 6.26 Å². The average molecular weight is 709 g/mol. The molecule has 4 aromatic rings. The second-order valence-corrected chi connectivity index (χ2v) is 12.8. The minimum absolute atomic E-state index is 0. The highest BCUT2D eigenvalue weighted by atomic mass is 32.2. The molecule has 0 unspecified atom stereocenters. The number of hydrogen-bond donors (Lipinski definition) is 0. The fourth-order valence-corrected chi connectivity index (χ4v) is 3.90. The average Bonchev–Trinajstić information content (AvgIpc) is 3.78. The zero-order chi connectivity index (χ0) is 34.1. The van der Waals surface area contributed by atoms with Crippen molar-refractivity contribution < 1.29 is 45.4 Å². The number of hydrogen-bond acceptors (Lipinski definition) is 3. The topological polar surface area (TPSA) is 92.4 Å². The lowest BCUT2D eigenvalue weighted by atomic mass is 10.3. The molecular formula is C33H63F3N8O3S. The van der Waals surface area contributed by atoms with Crippen molar-refractivity contribution in [3.8, 4) is 0 Å². The van der Waals surface area contributed by atoms with Crippen molar-refractivity contribution in [3.63, 3.8) is 0 Å². The van der Waals surface area contributed by atoms with Crippen LogP contribution in [0.5, 0.6) is 0 Å². The van der Waals surface area contributed by atoms with E-state index in [4.69, 9.17) is 13.0 Å². The smallest absolute Gasteiger partial charge is 0.243 e. The van der Waals surface area contributed by atoms with E-state index in [0.717, 1.165) is 26.2 Å². The fourth-order valence-electron chi connectivity index (χ4n) is 3.90. The number of halogens is 3. The summed E-state index contributed by atoms with van der Waals surface area (Å²) in [5.41, 5.74) is 0. The van der Waals surface area contributed by atoms with Crippen LogP contribution in [0.1, 0.15) is 79.1 Å². The highest BCUT2D eigenvalue weighted by Crippen LogP contribution is 1.94. The summed E-state index contributed by atoms with van der Waals surface area (Å²) in [7, 11) is 4.26. The van der Waals surface area contributed by atoms with Gasteiger partial charge in [-0.3, -0.25) is 0 Å². The summed E-state index contributed by atoms with van der Waals surface area (Å²) in [4.78, 5) is 0. The van der Waals surface area contributed by atoms with E-state index in [-0.39, 0.29) is 14.1 Å². The molecule has 0 bridgehead atoms. The summed E-state index contributed by atoms with van der Waals surface area (Å²) in [5, 5.41) is 0. The zero-order valence-corrected chi connectivity index (χ0v) is 31.6. The van der Waals surface area contributed by atoms with Crippen LogP contribution in [0.25, 0.3) is 0 Å². The van der Waals surface area contributed by atoms with E-state index in [0.29, 0.717) is 6.26 Å². The molecule has 0 aliphatic heterocycles. The third-order valence-corrected chi connectivity index (χ3v) is 6.37. The van der Waals surface area contributed by atoms with Gasteiger partial charge in [-0.15, -0.1) is 0 Å². The summed E-state index contributed by atoms with van der Waals surface area (Å²) in [6.07, 6.45) is 35.9. The van der Waals surface area contributed by atoms with Gasteiger partial charge >= 0.3 is 0 Å². The minimum atomic E-state index is -3.92. The molecule has 0 radical (unpaired) electrons. The molecular weight excluding hydrogens is 645 g/mol. The maximum Gasteiger partial charge on any atom is 0.243 e. The van der Waals surface area contributed by atoms with Gasteiger partial charge < -0.3 is 18.7 Å². The zero-order valence-electron chi connectivity index (χ0n) is 30.8. The Kier molecular flexibility index (Phi) is 33.0. The van der Waals surface area contributed by atoms with Crippen LogP contribution in [-0.2, 0) is 64.5 Å². The van der Waals surface area contributed by atoms with Gasteiger partial charge in [0.2, 0.25) is 25.3 Å². The molecule has 11 nitrogen and oxygen atoms in total. The highest BCUT2D eigenvalue weighted by Gasteiger charge is 1.99. The van der Waals surface area contributed by atoms with Crippen LogP contribution in [0, 0.1) is 0 Å². The van der Waals surface area contributed by atoms with E-state index < -0.39 is 10.1 Å². The van der Waals surface area contributed by atoms with Gasteiger partial charge in [0.25, 0.3) is 0 Å². The molecule has 4 aromatic heterocycles. The molecule has 0 spiro atoms. The number of nitrogens with zero attached hydrogens (tertiary/aromatic N) is 8. The molecule has 4 heterocycles. The summed E-state index contributed by atoms with van der Waals surface area (Å²) in [6, 6.07) is 0. The Morgan fingerprint density at radius 1 is 0.479 bits per heavy atom. The van der Waals surface area contributed by atoms with Crippen LogP contribution in [0.4, 0.5) is 0 Å². The maximum atomic E-state index is 9.08. The lowest BCUT2D eigenvalue weighted by Crippen LogP contribution is -3.00. The van der Waals surface area contributed by atoms with E-state index in [9.17, 15) is 0 Å². The summed E-state index contributed by atoms with van der Waals surface area (Å²) < 4.78 is 44.3. The van der Waals surface area contributed by atoms with Crippen molar-refractivity contribution in [2.24, 2.45) is 28.2 Å². The lowest BCUT2D eigenvalue weighted by Gasteiger charge is -1.90. The molecule has 0 amide bonds. The SMILES string of the molecule is CCCCn1cc[n+](C)c1.CCCCn1cc[n+](C)c1.CCCCn1cc[n+](C)c1.CCCCn1cc[n+](C)c1.CS(=O)(=O)[O-].[F-].[F-].[F-]. The molecule has 0 aromatic carbocycles. The number of unbranched alkanes of at least 4 members (excludes halogenated alkanes) is 4. The molecule has 0 N–H and O–H groups in total. The monoisotopic (exact) mass is 708 g/mol. The first kappa shape index (κ1) is 51.4. The standard InChI is InChI=1S/4C8H15N2.CH4O3S.3FH/c4*1-3-4-5-10-7-6-9(2)8-10;1-5(2,3)4;;;/h4*6-8H,3-5H2,1-2H3;1H3,(H,2,3,4);3*1H/q4*+1;;;;/p-4. The van der Waals surface area contributed by atoms with E-state index in [2.05, 4.69) is 139 Å². The number of imidazole rings is 4. The minimum Gasteiger partial charge on any atom is -1.00 e. The van der Waals surface area contributed by atoms with Crippen molar-refractivity contribution in [1.82, 2.24) is 18.3 Å². The van der Waals surface area contributed by atoms with Gasteiger partial charge in [-0.1, -0.05) is 53.4 Å². The number of aromatic nitrogens is 8. The van der Waals surface area contributed by atoms with Crippen molar-refractivity contribution >= 4 is 10.1 Å². The largest absolute Gasteiger partial charge is 1.00 e. The summed E-state index contributed by atoms with van der Waals surface area (Å²) >= 11 is 0. The third-order valence-electron chi connectivity index (χ3n) is 6.37. The Bertz CT molecular complexity index is 1190. The van der Waals surface area contributed by atoms with E-state index in [1.807, 2.05) is 28.2 Å². The van der Waals surface area contributed by atoms with Crippen LogP contribution >= 0.6 is 0 Å². The number of rotatable bonds is 12. The Hall–Kier alpha value is -3.46. The van der Waals surface area contributed by atoms with Crippen LogP contribution in [0.3, 0.4) is 0 Å². The van der Waals surface area contributed by atoms with Gasteiger partial charge in [-0.05, 0) is 25.7 Å².